The smallest absolute Gasteiger partial charge is 0.243 e. The van der Waals surface area contributed by atoms with E-state index >= 15 is 0 Å². The van der Waals surface area contributed by atoms with Crippen molar-refractivity contribution in [2.24, 2.45) is 11.8 Å². The lowest BCUT2D eigenvalue weighted by Crippen LogP contribution is -2.52. The fourth-order valence-electron chi connectivity index (χ4n) is 4.23. The molecule has 1 fully saturated rings. The molecule has 1 saturated carbocycles. The van der Waals surface area contributed by atoms with Crippen LogP contribution in [0.25, 0.3) is 0 Å². The summed E-state index contributed by atoms with van der Waals surface area (Å²) in [6, 6.07) is 8.05. The van der Waals surface area contributed by atoms with Gasteiger partial charge in [-0.1, -0.05) is 51.3 Å². The number of aliphatic hydroxyl groups excluding tert-OH is 1. The Balaban J connectivity index is 0.00000578. The molecule has 194 valence electrons. The van der Waals surface area contributed by atoms with Gasteiger partial charge in [0.15, 0.2) is 0 Å². The Bertz CT molecular complexity index is 801. The number of anilines is 1. The maximum absolute atomic E-state index is 12.7. The van der Waals surface area contributed by atoms with Gasteiger partial charge in [-0.15, -0.1) is 0 Å². The molecule has 0 saturated heterocycles. The lowest BCUT2D eigenvalue weighted by molar-refractivity contribution is -0.129. The Morgan fingerprint density at radius 3 is 2.26 bits per heavy atom. The molecular formula is C24H42N3O6P. The van der Waals surface area contributed by atoms with Crippen LogP contribution in [0.4, 0.5) is 5.69 Å². The van der Waals surface area contributed by atoms with E-state index in [1.54, 1.807) is 6.92 Å². The SMILES string of the molecule is CC(NC(=O)C(Nc1ccccc1)C(C)C)C(=O)NCC(O)CP(=O)(O)CC1CCCCC1.O. The van der Waals surface area contributed by atoms with Gasteiger partial charge in [-0.05, 0) is 43.7 Å². The van der Waals surface area contributed by atoms with Crippen LogP contribution in [-0.2, 0) is 14.2 Å². The predicted octanol–water partition coefficient (Wildman–Crippen LogP) is 2.13. The number of hydrogen-bond acceptors (Lipinski definition) is 5. The third-order valence-corrected chi connectivity index (χ3v) is 8.15. The average Bonchev–Trinajstić information content (AvgIpc) is 2.76. The van der Waals surface area contributed by atoms with E-state index in [4.69, 9.17) is 0 Å². The average molecular weight is 500 g/mol. The highest BCUT2D eigenvalue weighted by atomic mass is 31.2. The number of hydrogen-bond donors (Lipinski definition) is 5. The molecule has 1 aliphatic carbocycles. The number of rotatable bonds is 12. The number of para-hydroxylation sites is 1. The van der Waals surface area contributed by atoms with Crippen molar-refractivity contribution in [2.45, 2.75) is 71.1 Å². The Kier molecular flexibility index (Phi) is 12.8. The zero-order valence-corrected chi connectivity index (χ0v) is 21.4. The van der Waals surface area contributed by atoms with Crippen molar-refractivity contribution < 1.29 is 29.6 Å². The minimum absolute atomic E-state index is 0. The van der Waals surface area contributed by atoms with Crippen LogP contribution in [0.2, 0.25) is 0 Å². The first-order chi connectivity index (χ1) is 15.6. The lowest BCUT2D eigenvalue weighted by Gasteiger charge is -2.26. The summed E-state index contributed by atoms with van der Waals surface area (Å²) in [4.78, 5) is 35.5. The second-order valence-corrected chi connectivity index (χ2v) is 12.0. The van der Waals surface area contributed by atoms with Crippen LogP contribution in [0.1, 0.15) is 52.9 Å². The monoisotopic (exact) mass is 499 g/mol. The summed E-state index contributed by atoms with van der Waals surface area (Å²) < 4.78 is 12.5. The molecule has 34 heavy (non-hydrogen) atoms. The van der Waals surface area contributed by atoms with Crippen LogP contribution in [0.15, 0.2) is 30.3 Å². The molecule has 0 bridgehead atoms. The zero-order chi connectivity index (χ0) is 24.4. The highest BCUT2D eigenvalue weighted by Gasteiger charge is 2.29. The summed E-state index contributed by atoms with van der Waals surface area (Å²) in [7, 11) is -3.46. The van der Waals surface area contributed by atoms with Crippen molar-refractivity contribution >= 4 is 24.9 Å². The number of benzene rings is 1. The molecule has 0 aliphatic heterocycles. The van der Waals surface area contributed by atoms with Gasteiger partial charge in [0.25, 0.3) is 0 Å². The molecule has 2 amide bonds. The minimum Gasteiger partial charge on any atom is -0.412 e. The van der Waals surface area contributed by atoms with E-state index < -0.39 is 31.5 Å². The summed E-state index contributed by atoms with van der Waals surface area (Å²) in [5, 5.41) is 18.7. The number of carbonyl (C=O) groups is 2. The van der Waals surface area contributed by atoms with Gasteiger partial charge in [-0.2, -0.15) is 0 Å². The number of carbonyl (C=O) groups excluding carboxylic acids is 2. The first kappa shape index (κ1) is 30.1. The molecular weight excluding hydrogens is 457 g/mol. The maximum Gasteiger partial charge on any atom is 0.243 e. The summed E-state index contributed by atoms with van der Waals surface area (Å²) in [5.41, 5.74) is 0.813. The zero-order valence-electron chi connectivity index (χ0n) is 20.5. The van der Waals surface area contributed by atoms with Crippen molar-refractivity contribution in [3.8, 4) is 0 Å². The standard InChI is InChI=1S/C24H40N3O5P.H2O/c1-17(2)22(27-20-12-8-5-9-13-20)24(30)26-18(3)23(29)25-14-21(28)16-33(31,32)15-19-10-6-4-7-11-19;/h5,8-9,12-13,17-19,21-22,27-28H,4,6-7,10-11,14-16H2,1-3H3,(H,25,29)(H,26,30)(H,31,32);1H2. The predicted molar refractivity (Wildman–Crippen MR) is 135 cm³/mol. The largest absolute Gasteiger partial charge is 0.412 e. The Morgan fingerprint density at radius 2 is 1.68 bits per heavy atom. The summed E-state index contributed by atoms with van der Waals surface area (Å²) in [6.45, 7) is 5.27. The fraction of sp³-hybridized carbons (Fsp3) is 0.667. The molecule has 0 radical (unpaired) electrons. The van der Waals surface area contributed by atoms with Crippen LogP contribution >= 0.6 is 7.37 Å². The first-order valence-corrected chi connectivity index (χ1v) is 14.0. The van der Waals surface area contributed by atoms with Crippen LogP contribution in [0, 0.1) is 11.8 Å². The van der Waals surface area contributed by atoms with Gasteiger partial charge in [0, 0.05) is 18.4 Å². The molecule has 0 heterocycles. The molecule has 4 atom stereocenters. The van der Waals surface area contributed by atoms with Crippen molar-refractivity contribution in [3.63, 3.8) is 0 Å². The normalized spacial score (nSPS) is 18.6. The minimum atomic E-state index is -3.46. The second kappa shape index (κ2) is 14.5. The van der Waals surface area contributed by atoms with E-state index in [1.807, 2.05) is 44.2 Å². The number of nitrogens with one attached hydrogen (secondary N) is 3. The quantitative estimate of drug-likeness (QED) is 0.277. The number of aliphatic hydroxyl groups is 1. The van der Waals surface area contributed by atoms with Crippen molar-refractivity contribution in [2.75, 3.05) is 24.2 Å². The van der Waals surface area contributed by atoms with E-state index in [0.717, 1.165) is 31.4 Å². The van der Waals surface area contributed by atoms with Crippen molar-refractivity contribution in [1.29, 1.82) is 0 Å². The van der Waals surface area contributed by atoms with Crippen LogP contribution in [-0.4, -0.2) is 64.3 Å². The Morgan fingerprint density at radius 1 is 1.06 bits per heavy atom. The molecule has 1 aromatic carbocycles. The van der Waals surface area contributed by atoms with Crippen LogP contribution in [0.5, 0.6) is 0 Å². The molecule has 1 aromatic rings. The molecule has 7 N–H and O–H groups in total. The van der Waals surface area contributed by atoms with Gasteiger partial charge in [0.1, 0.15) is 12.1 Å². The molecule has 1 aliphatic rings. The second-order valence-electron chi connectivity index (χ2n) is 9.58. The third kappa shape index (κ3) is 10.6. The maximum atomic E-state index is 12.7. The van der Waals surface area contributed by atoms with E-state index in [1.165, 1.54) is 6.42 Å². The highest BCUT2D eigenvalue weighted by Crippen LogP contribution is 2.45. The fourth-order valence-corrected chi connectivity index (χ4v) is 6.34. The van der Waals surface area contributed by atoms with Crippen molar-refractivity contribution in [1.82, 2.24) is 10.6 Å². The van der Waals surface area contributed by atoms with Gasteiger partial charge in [0.2, 0.25) is 19.2 Å². The van der Waals surface area contributed by atoms with Gasteiger partial charge < -0.3 is 31.4 Å². The molecule has 10 heteroatoms. The molecule has 2 rings (SSSR count). The summed E-state index contributed by atoms with van der Waals surface area (Å²) in [6.07, 6.45) is 4.17. The molecule has 0 aromatic heterocycles. The first-order valence-electron chi connectivity index (χ1n) is 12.0. The van der Waals surface area contributed by atoms with E-state index in [2.05, 4.69) is 16.0 Å². The van der Waals surface area contributed by atoms with Crippen LogP contribution in [0.3, 0.4) is 0 Å². The topological polar surface area (TPSA) is 159 Å². The van der Waals surface area contributed by atoms with Gasteiger partial charge >= 0.3 is 0 Å². The lowest BCUT2D eigenvalue weighted by atomic mass is 9.91. The van der Waals surface area contributed by atoms with Gasteiger partial charge in [-0.25, -0.2) is 0 Å². The van der Waals surface area contributed by atoms with E-state index in [-0.39, 0.29) is 42.1 Å². The third-order valence-electron chi connectivity index (χ3n) is 6.07. The van der Waals surface area contributed by atoms with Gasteiger partial charge in [0.05, 0.1) is 12.3 Å². The van der Waals surface area contributed by atoms with E-state index in [0.29, 0.717) is 0 Å². The highest BCUT2D eigenvalue weighted by molar-refractivity contribution is 7.58. The number of amides is 2. The van der Waals surface area contributed by atoms with Gasteiger partial charge in [-0.3, -0.25) is 14.2 Å². The summed E-state index contributed by atoms with van der Waals surface area (Å²) in [5.74, 6) is -0.524. The molecule has 4 unspecified atom stereocenters. The van der Waals surface area contributed by atoms with Crippen molar-refractivity contribution in [3.05, 3.63) is 30.3 Å². The molecule has 0 spiro atoms. The van der Waals surface area contributed by atoms with Crippen LogP contribution < -0.4 is 16.0 Å². The Labute approximate surface area is 202 Å². The van der Waals surface area contributed by atoms with E-state index in [9.17, 15) is 24.2 Å². The summed E-state index contributed by atoms with van der Waals surface area (Å²) >= 11 is 0. The Hall–Kier alpha value is -1.93. The molecule has 9 nitrogen and oxygen atoms in total.